The summed E-state index contributed by atoms with van der Waals surface area (Å²) in [5.41, 5.74) is 4.55. The molecule has 1 aliphatic carbocycles. The number of aryl methyl sites for hydroxylation is 2. The van der Waals surface area contributed by atoms with Crippen molar-refractivity contribution in [3.8, 4) is 0 Å². The number of rotatable bonds is 2. The maximum absolute atomic E-state index is 12.3. The van der Waals surface area contributed by atoms with E-state index < -0.39 is 0 Å². The number of fused-ring (bicyclic) bond motifs is 1. The molecule has 1 aliphatic rings. The fourth-order valence-corrected chi connectivity index (χ4v) is 2.85. The first-order valence-corrected chi connectivity index (χ1v) is 7.19. The summed E-state index contributed by atoms with van der Waals surface area (Å²) in [6.45, 7) is 2.03. The molecule has 0 heterocycles. The Kier molecular flexibility index (Phi) is 3.55. The van der Waals surface area contributed by atoms with Crippen LogP contribution in [0, 0.1) is 6.92 Å². The van der Waals surface area contributed by atoms with E-state index in [4.69, 9.17) is 0 Å². The number of nitrogens with one attached hydrogen (secondary N) is 1. The van der Waals surface area contributed by atoms with E-state index in [2.05, 4.69) is 29.6 Å². The Morgan fingerprint density at radius 3 is 2.65 bits per heavy atom. The highest BCUT2D eigenvalue weighted by atomic mass is 16.1. The molecule has 0 unspecified atom stereocenters. The lowest BCUT2D eigenvalue weighted by atomic mass is 9.87. The molecule has 2 heteroatoms. The summed E-state index contributed by atoms with van der Waals surface area (Å²) in [6, 6.07) is 16.3. The molecule has 0 saturated heterocycles. The Hall–Kier alpha value is -2.09. The molecule has 0 aliphatic heterocycles. The van der Waals surface area contributed by atoms with Crippen LogP contribution >= 0.6 is 0 Å². The Morgan fingerprint density at radius 2 is 1.85 bits per heavy atom. The van der Waals surface area contributed by atoms with Crippen LogP contribution in [0.3, 0.4) is 0 Å². The molecule has 0 aromatic heterocycles. The van der Waals surface area contributed by atoms with Crippen LogP contribution in [0.2, 0.25) is 0 Å². The molecular weight excluding hydrogens is 246 g/mol. The fourth-order valence-electron chi connectivity index (χ4n) is 2.85. The second-order valence-electron chi connectivity index (χ2n) is 5.48. The monoisotopic (exact) mass is 265 g/mol. The summed E-state index contributed by atoms with van der Waals surface area (Å²) in [5, 5.41) is 3.17. The van der Waals surface area contributed by atoms with Crippen LogP contribution in [0.1, 0.15) is 45.9 Å². The molecular formula is C18H19NO. The minimum absolute atomic E-state index is 0.0201. The van der Waals surface area contributed by atoms with Crippen molar-refractivity contribution in [1.82, 2.24) is 5.32 Å². The quantitative estimate of drug-likeness (QED) is 0.879. The molecule has 0 fully saturated rings. The van der Waals surface area contributed by atoms with Gasteiger partial charge < -0.3 is 5.32 Å². The van der Waals surface area contributed by atoms with Crippen LogP contribution in [-0.2, 0) is 6.42 Å². The molecule has 2 nitrogen and oxygen atoms in total. The second-order valence-corrected chi connectivity index (χ2v) is 5.48. The van der Waals surface area contributed by atoms with Gasteiger partial charge in [0, 0.05) is 5.56 Å². The van der Waals surface area contributed by atoms with Crippen molar-refractivity contribution in [3.05, 3.63) is 70.8 Å². The van der Waals surface area contributed by atoms with Gasteiger partial charge in [-0.2, -0.15) is 0 Å². The maximum atomic E-state index is 12.3. The average Bonchev–Trinajstić information content (AvgIpc) is 2.48. The minimum atomic E-state index is 0.0201. The van der Waals surface area contributed by atoms with E-state index in [0.29, 0.717) is 0 Å². The molecule has 0 radical (unpaired) electrons. The normalized spacial score (nSPS) is 17.4. The average molecular weight is 265 g/mol. The number of hydrogen-bond donors (Lipinski definition) is 1. The number of benzene rings is 2. The van der Waals surface area contributed by atoms with Gasteiger partial charge in [0.1, 0.15) is 0 Å². The summed E-state index contributed by atoms with van der Waals surface area (Å²) in [5.74, 6) is 0.0201. The summed E-state index contributed by atoms with van der Waals surface area (Å²) in [7, 11) is 0. The van der Waals surface area contributed by atoms with Crippen molar-refractivity contribution >= 4 is 5.91 Å². The lowest BCUT2D eigenvalue weighted by Gasteiger charge is -2.26. The first kappa shape index (κ1) is 12.9. The maximum Gasteiger partial charge on any atom is 0.251 e. The number of amides is 1. The van der Waals surface area contributed by atoms with E-state index in [0.717, 1.165) is 24.8 Å². The second kappa shape index (κ2) is 5.49. The predicted molar refractivity (Wildman–Crippen MR) is 80.8 cm³/mol. The van der Waals surface area contributed by atoms with E-state index >= 15 is 0 Å². The smallest absolute Gasteiger partial charge is 0.251 e. The van der Waals surface area contributed by atoms with Crippen molar-refractivity contribution in [2.24, 2.45) is 0 Å². The van der Waals surface area contributed by atoms with Gasteiger partial charge in [0.05, 0.1) is 6.04 Å². The number of carbonyl (C=O) groups excluding carboxylic acids is 1. The first-order valence-electron chi connectivity index (χ1n) is 7.19. The molecule has 0 saturated carbocycles. The molecule has 0 spiro atoms. The van der Waals surface area contributed by atoms with Crippen molar-refractivity contribution in [1.29, 1.82) is 0 Å². The van der Waals surface area contributed by atoms with Gasteiger partial charge in [0.15, 0.2) is 0 Å². The van der Waals surface area contributed by atoms with Gasteiger partial charge in [-0.3, -0.25) is 4.79 Å². The Labute approximate surface area is 119 Å². The van der Waals surface area contributed by atoms with Crippen molar-refractivity contribution < 1.29 is 4.79 Å². The molecule has 0 bridgehead atoms. The summed E-state index contributed by atoms with van der Waals surface area (Å²) in [4.78, 5) is 12.3. The van der Waals surface area contributed by atoms with Crippen molar-refractivity contribution in [2.75, 3.05) is 0 Å². The van der Waals surface area contributed by atoms with Gasteiger partial charge >= 0.3 is 0 Å². The molecule has 2 aromatic rings. The van der Waals surface area contributed by atoms with Crippen LogP contribution < -0.4 is 5.32 Å². The molecule has 20 heavy (non-hydrogen) atoms. The standard InChI is InChI=1S/C18H19NO/c1-13-9-11-15(12-10-13)18(20)19-17-8-4-6-14-5-2-3-7-16(14)17/h2-3,5,7,9-12,17H,4,6,8H2,1H3,(H,19,20)/t17-/m0/s1. The van der Waals surface area contributed by atoms with Crippen LogP contribution in [0.5, 0.6) is 0 Å². The molecule has 102 valence electrons. The van der Waals surface area contributed by atoms with Gasteiger partial charge in [0.25, 0.3) is 5.91 Å². The third-order valence-electron chi connectivity index (χ3n) is 3.99. The van der Waals surface area contributed by atoms with Gasteiger partial charge in [0.2, 0.25) is 0 Å². The van der Waals surface area contributed by atoms with E-state index in [1.807, 2.05) is 31.2 Å². The summed E-state index contributed by atoms with van der Waals surface area (Å²) < 4.78 is 0. The Morgan fingerprint density at radius 1 is 1.10 bits per heavy atom. The van der Waals surface area contributed by atoms with Crippen LogP contribution in [-0.4, -0.2) is 5.91 Å². The summed E-state index contributed by atoms with van der Waals surface area (Å²) in [6.07, 6.45) is 3.28. The summed E-state index contributed by atoms with van der Waals surface area (Å²) >= 11 is 0. The third-order valence-corrected chi connectivity index (χ3v) is 3.99. The molecule has 2 aromatic carbocycles. The molecule has 1 amide bonds. The van der Waals surface area contributed by atoms with Gasteiger partial charge in [-0.1, -0.05) is 42.0 Å². The largest absolute Gasteiger partial charge is 0.345 e. The van der Waals surface area contributed by atoms with Crippen LogP contribution in [0.15, 0.2) is 48.5 Å². The Balaban J connectivity index is 1.79. The third kappa shape index (κ3) is 2.60. The molecule has 1 atom stereocenters. The minimum Gasteiger partial charge on any atom is -0.345 e. The number of carbonyl (C=O) groups is 1. The number of hydrogen-bond acceptors (Lipinski definition) is 1. The van der Waals surface area contributed by atoms with Crippen molar-refractivity contribution in [2.45, 2.75) is 32.2 Å². The zero-order chi connectivity index (χ0) is 13.9. The van der Waals surface area contributed by atoms with Crippen LogP contribution in [0.25, 0.3) is 0 Å². The highest BCUT2D eigenvalue weighted by molar-refractivity contribution is 5.94. The van der Waals surface area contributed by atoms with Gasteiger partial charge in [-0.25, -0.2) is 0 Å². The zero-order valence-corrected chi connectivity index (χ0v) is 11.7. The van der Waals surface area contributed by atoms with E-state index in [-0.39, 0.29) is 11.9 Å². The lowest BCUT2D eigenvalue weighted by Crippen LogP contribution is -2.30. The van der Waals surface area contributed by atoms with E-state index in [1.165, 1.54) is 16.7 Å². The van der Waals surface area contributed by atoms with Gasteiger partial charge in [-0.05, 0) is 49.4 Å². The fraction of sp³-hybridized carbons (Fsp3) is 0.278. The predicted octanol–water partition coefficient (Wildman–Crippen LogP) is 3.80. The lowest BCUT2D eigenvalue weighted by molar-refractivity contribution is 0.0933. The topological polar surface area (TPSA) is 29.1 Å². The van der Waals surface area contributed by atoms with Crippen LogP contribution in [0.4, 0.5) is 0 Å². The van der Waals surface area contributed by atoms with E-state index in [1.54, 1.807) is 0 Å². The molecule has 3 rings (SSSR count). The SMILES string of the molecule is Cc1ccc(C(=O)N[C@H]2CCCc3ccccc32)cc1. The first-order chi connectivity index (χ1) is 9.74. The Bertz CT molecular complexity index is 616. The highest BCUT2D eigenvalue weighted by Gasteiger charge is 2.21. The van der Waals surface area contributed by atoms with Crippen molar-refractivity contribution in [3.63, 3.8) is 0 Å². The highest BCUT2D eigenvalue weighted by Crippen LogP contribution is 2.29. The van der Waals surface area contributed by atoms with Gasteiger partial charge in [-0.15, -0.1) is 0 Å². The van der Waals surface area contributed by atoms with E-state index in [9.17, 15) is 4.79 Å². The molecule has 1 N–H and O–H groups in total. The zero-order valence-electron chi connectivity index (χ0n) is 11.7.